The van der Waals surface area contributed by atoms with Crippen molar-refractivity contribution < 1.29 is 9.53 Å². The summed E-state index contributed by atoms with van der Waals surface area (Å²) in [5, 5.41) is 12.6. The van der Waals surface area contributed by atoms with Crippen molar-refractivity contribution in [3.63, 3.8) is 0 Å². The van der Waals surface area contributed by atoms with Crippen LogP contribution in [0.2, 0.25) is 0 Å². The predicted molar refractivity (Wildman–Crippen MR) is 121 cm³/mol. The average Bonchev–Trinajstić information content (AvgIpc) is 3.64. The summed E-state index contributed by atoms with van der Waals surface area (Å²) in [6.07, 6.45) is 2.98. The summed E-state index contributed by atoms with van der Waals surface area (Å²) in [5.41, 5.74) is 5.16. The first kappa shape index (κ1) is 20.4. The largest absolute Gasteiger partial charge is 0.375 e. The van der Waals surface area contributed by atoms with Crippen molar-refractivity contribution in [2.45, 2.75) is 43.7 Å². The van der Waals surface area contributed by atoms with Gasteiger partial charge in [0.05, 0.1) is 31.5 Å². The molecule has 3 atom stereocenters. The molecule has 0 spiro atoms. The van der Waals surface area contributed by atoms with Crippen LogP contribution in [-0.4, -0.2) is 17.5 Å². The number of carbonyl (C=O) groups is 1. The molecule has 5 nitrogen and oxygen atoms in total. The fourth-order valence-corrected chi connectivity index (χ4v) is 4.62. The Kier molecular flexibility index (Phi) is 5.24. The maximum Gasteiger partial charge on any atom is 0.251 e. The van der Waals surface area contributed by atoms with E-state index in [4.69, 9.17) is 4.74 Å². The van der Waals surface area contributed by atoms with Gasteiger partial charge in [0.15, 0.2) is 0 Å². The van der Waals surface area contributed by atoms with Crippen LogP contribution in [0.4, 0.5) is 0 Å². The minimum Gasteiger partial charge on any atom is -0.375 e. The molecule has 0 radical (unpaired) electrons. The Hall–Kier alpha value is -3.49. The van der Waals surface area contributed by atoms with Crippen LogP contribution in [0.5, 0.6) is 0 Å². The Morgan fingerprint density at radius 3 is 2.78 bits per heavy atom. The van der Waals surface area contributed by atoms with Crippen LogP contribution in [0, 0.1) is 11.3 Å². The average molecular weight is 424 g/mol. The van der Waals surface area contributed by atoms with E-state index in [-0.39, 0.29) is 5.91 Å². The Bertz CT molecular complexity index is 1200. The number of amides is 1. The number of pyridine rings is 1. The van der Waals surface area contributed by atoms with Gasteiger partial charge in [-0.2, -0.15) is 5.26 Å². The second kappa shape index (κ2) is 8.22. The van der Waals surface area contributed by atoms with Gasteiger partial charge in [0.1, 0.15) is 5.41 Å². The van der Waals surface area contributed by atoms with Gasteiger partial charge >= 0.3 is 0 Å². The molecule has 1 N–H and O–H groups in total. The number of benzene rings is 2. The molecule has 1 saturated carbocycles. The lowest BCUT2D eigenvalue weighted by molar-refractivity contribution is 0.0757. The number of carbonyl (C=O) groups excluding carboxylic acids is 1. The van der Waals surface area contributed by atoms with Crippen molar-refractivity contribution in [2.75, 3.05) is 6.61 Å². The van der Waals surface area contributed by atoms with Gasteiger partial charge in [-0.3, -0.25) is 9.78 Å². The number of fused-ring (bicyclic) bond motifs is 1. The van der Waals surface area contributed by atoms with Gasteiger partial charge in [0.2, 0.25) is 0 Å². The van der Waals surface area contributed by atoms with E-state index < -0.39 is 5.41 Å². The molecule has 1 aliphatic heterocycles. The molecule has 5 heteroatoms. The van der Waals surface area contributed by atoms with E-state index in [0.717, 1.165) is 23.2 Å². The number of nitrogens with one attached hydrogen (secondary N) is 1. The summed E-state index contributed by atoms with van der Waals surface area (Å²) in [6, 6.07) is 22.6. The lowest BCUT2D eigenvalue weighted by atomic mass is 9.79. The Balaban J connectivity index is 1.26. The van der Waals surface area contributed by atoms with E-state index in [2.05, 4.69) is 52.8 Å². The molecular formula is C27H25N3O2. The molecule has 0 bridgehead atoms. The Morgan fingerprint density at radius 2 is 1.97 bits per heavy atom. The second-order valence-electron chi connectivity index (χ2n) is 8.93. The highest BCUT2D eigenvalue weighted by Gasteiger charge is 2.39. The van der Waals surface area contributed by atoms with Crippen LogP contribution in [-0.2, 0) is 23.3 Å². The smallest absolute Gasteiger partial charge is 0.251 e. The molecule has 3 aromatic rings. The third-order valence-corrected chi connectivity index (χ3v) is 6.58. The van der Waals surface area contributed by atoms with Crippen LogP contribution >= 0.6 is 0 Å². The predicted octanol–water partition coefficient (Wildman–Crippen LogP) is 4.59. The monoisotopic (exact) mass is 423 g/mol. The molecule has 1 aliphatic carbocycles. The van der Waals surface area contributed by atoms with Crippen LogP contribution in [0.15, 0.2) is 66.9 Å². The first-order chi connectivity index (χ1) is 15.6. The molecule has 2 heterocycles. The van der Waals surface area contributed by atoms with Crippen LogP contribution in [0.25, 0.3) is 0 Å². The minimum atomic E-state index is -0.737. The quantitative estimate of drug-likeness (QED) is 0.651. The van der Waals surface area contributed by atoms with Crippen molar-refractivity contribution in [3.8, 4) is 6.07 Å². The van der Waals surface area contributed by atoms with Crippen molar-refractivity contribution >= 4 is 5.91 Å². The van der Waals surface area contributed by atoms with Crippen LogP contribution in [0.1, 0.15) is 63.5 Å². The molecule has 0 unspecified atom stereocenters. The van der Waals surface area contributed by atoms with Gasteiger partial charge in [-0.15, -0.1) is 0 Å². The van der Waals surface area contributed by atoms with Gasteiger partial charge in [0.25, 0.3) is 5.91 Å². The van der Waals surface area contributed by atoms with Gasteiger partial charge in [-0.05, 0) is 71.7 Å². The van der Waals surface area contributed by atoms with Crippen molar-refractivity contribution in [1.29, 1.82) is 5.26 Å². The zero-order valence-electron chi connectivity index (χ0n) is 18.0. The molecule has 5 rings (SSSR count). The topological polar surface area (TPSA) is 75.0 Å². The third-order valence-electron chi connectivity index (χ3n) is 6.58. The number of nitrogens with zero attached hydrogens (tertiary/aromatic N) is 2. The van der Waals surface area contributed by atoms with E-state index in [0.29, 0.717) is 37.2 Å². The number of rotatable bonds is 5. The highest BCUT2D eigenvalue weighted by molar-refractivity contribution is 5.94. The fraction of sp³-hybridized carbons (Fsp3) is 0.296. The zero-order valence-corrected chi connectivity index (χ0v) is 18.0. The fourth-order valence-electron chi connectivity index (χ4n) is 4.62. The van der Waals surface area contributed by atoms with E-state index >= 15 is 0 Å². The molecule has 32 heavy (non-hydrogen) atoms. The molecule has 1 amide bonds. The maximum atomic E-state index is 12.8. The maximum absolute atomic E-state index is 12.8. The zero-order chi connectivity index (χ0) is 22.1. The molecule has 0 saturated heterocycles. The highest BCUT2D eigenvalue weighted by Crippen LogP contribution is 2.54. The number of ether oxygens (including phenoxy) is 1. The first-order valence-electron chi connectivity index (χ1n) is 11.0. The molecular weight excluding hydrogens is 398 g/mol. The highest BCUT2D eigenvalue weighted by atomic mass is 16.5. The summed E-state index contributed by atoms with van der Waals surface area (Å²) in [5.74, 6) is 0.914. The van der Waals surface area contributed by atoms with Gasteiger partial charge in [-0.25, -0.2) is 0 Å². The van der Waals surface area contributed by atoms with Crippen molar-refractivity contribution in [1.82, 2.24) is 10.3 Å². The Morgan fingerprint density at radius 1 is 1.16 bits per heavy atom. The summed E-state index contributed by atoms with van der Waals surface area (Å²) < 4.78 is 5.55. The standard InChI is InChI=1S/C27H25N3O2/c1-27(16-28)17-32-15-21-8-7-20(12-25(21)27)26(31)30-14-22-11-19(9-10-29-22)24-13-23(24)18-5-3-2-4-6-18/h2-12,23-24H,13-15,17H2,1H3,(H,30,31)/t23-,24-,27-/m1/s1. The molecule has 1 fully saturated rings. The second-order valence-corrected chi connectivity index (χ2v) is 8.93. The van der Waals surface area contributed by atoms with Crippen LogP contribution in [0.3, 0.4) is 0 Å². The lowest BCUT2D eigenvalue weighted by Crippen LogP contribution is -2.33. The van der Waals surface area contributed by atoms with E-state index in [1.54, 1.807) is 6.07 Å². The Labute approximate surface area is 188 Å². The normalized spacial score (nSPS) is 23.6. The summed E-state index contributed by atoms with van der Waals surface area (Å²) in [7, 11) is 0. The third kappa shape index (κ3) is 3.90. The number of hydrogen-bond acceptors (Lipinski definition) is 4. The molecule has 160 valence electrons. The number of aromatic nitrogens is 1. The molecule has 2 aromatic carbocycles. The number of nitriles is 1. The van der Waals surface area contributed by atoms with E-state index in [1.165, 1.54) is 11.1 Å². The summed E-state index contributed by atoms with van der Waals surface area (Å²) in [4.78, 5) is 17.3. The minimum absolute atomic E-state index is 0.166. The van der Waals surface area contributed by atoms with Crippen molar-refractivity contribution in [2.24, 2.45) is 0 Å². The summed E-state index contributed by atoms with van der Waals surface area (Å²) in [6.45, 7) is 3.02. The SMILES string of the molecule is C[C@@]1(C#N)COCc2ccc(C(=O)NCc3cc([C@H]4C[C@@H]4c4ccccc4)ccn3)cc21. The first-order valence-corrected chi connectivity index (χ1v) is 11.0. The number of hydrogen-bond donors (Lipinski definition) is 1. The van der Waals surface area contributed by atoms with E-state index in [1.807, 2.05) is 31.3 Å². The molecule has 2 aliphatic rings. The van der Waals surface area contributed by atoms with Gasteiger partial charge in [-0.1, -0.05) is 36.4 Å². The van der Waals surface area contributed by atoms with Crippen LogP contribution < -0.4 is 5.32 Å². The lowest BCUT2D eigenvalue weighted by Gasteiger charge is -2.30. The summed E-state index contributed by atoms with van der Waals surface area (Å²) >= 11 is 0. The van der Waals surface area contributed by atoms with Gasteiger partial charge in [0, 0.05) is 11.8 Å². The van der Waals surface area contributed by atoms with E-state index in [9.17, 15) is 10.1 Å². The van der Waals surface area contributed by atoms with Gasteiger partial charge < -0.3 is 10.1 Å². The van der Waals surface area contributed by atoms with Crippen molar-refractivity contribution in [3.05, 3.63) is 100 Å². The molecule has 1 aromatic heterocycles.